The summed E-state index contributed by atoms with van der Waals surface area (Å²) in [7, 11) is 0. The van der Waals surface area contributed by atoms with E-state index in [2.05, 4.69) is 49.4 Å². The highest BCUT2D eigenvalue weighted by molar-refractivity contribution is 7.17. The van der Waals surface area contributed by atoms with E-state index < -0.39 is 0 Å². The number of halogens is 1. The Bertz CT molecular complexity index is 1610. The lowest BCUT2D eigenvalue weighted by atomic mass is 10.0. The van der Waals surface area contributed by atoms with E-state index in [1.54, 1.807) is 36.5 Å². The third kappa shape index (κ3) is 5.37. The van der Waals surface area contributed by atoms with Crippen molar-refractivity contribution in [3.63, 3.8) is 0 Å². The number of anilines is 4. The molecule has 0 saturated heterocycles. The van der Waals surface area contributed by atoms with Gasteiger partial charge in [-0.3, -0.25) is 4.79 Å². The molecule has 11 heteroatoms. The maximum absolute atomic E-state index is 13.3. The van der Waals surface area contributed by atoms with Crippen LogP contribution in [-0.2, 0) is 0 Å². The van der Waals surface area contributed by atoms with E-state index in [4.69, 9.17) is 5.73 Å². The highest BCUT2D eigenvalue weighted by Crippen LogP contribution is 2.30. The largest absolute Gasteiger partial charge is 0.397 e. The lowest BCUT2D eigenvalue weighted by molar-refractivity contribution is 0.103. The lowest BCUT2D eigenvalue weighted by Gasteiger charge is -2.10. The van der Waals surface area contributed by atoms with Crippen molar-refractivity contribution >= 4 is 39.7 Å². The standard InChI is InChI=1S/C27H25FN8OS/c1-14(2)23-24(33-15(3)32-23)20-10-11-30-26(35-20)36-27-31-13-22(38-27)25(37)34-21-12-17(6-9-19(21)29)16-4-7-18(28)8-5-16/h4-14H,29H2,1-3H3,(H,32,33)(H,34,37)(H,30,31,35,36). The summed E-state index contributed by atoms with van der Waals surface area (Å²) in [6.07, 6.45) is 3.12. The van der Waals surface area contributed by atoms with Gasteiger partial charge in [-0.15, -0.1) is 0 Å². The minimum absolute atomic E-state index is 0.253. The Morgan fingerprint density at radius 1 is 1.05 bits per heavy atom. The normalized spacial score (nSPS) is 11.1. The first-order valence-electron chi connectivity index (χ1n) is 11.9. The van der Waals surface area contributed by atoms with Crippen LogP contribution in [0.15, 0.2) is 60.9 Å². The Kier molecular flexibility index (Phi) is 6.84. The van der Waals surface area contributed by atoms with Gasteiger partial charge in [0.2, 0.25) is 5.95 Å². The van der Waals surface area contributed by atoms with E-state index in [0.29, 0.717) is 33.0 Å². The Morgan fingerprint density at radius 3 is 2.58 bits per heavy atom. The molecule has 5 aromatic rings. The van der Waals surface area contributed by atoms with E-state index in [1.807, 2.05) is 13.0 Å². The molecular weight excluding hydrogens is 503 g/mol. The number of thiazole rings is 1. The molecule has 0 unspecified atom stereocenters. The van der Waals surface area contributed by atoms with Gasteiger partial charge in [0.1, 0.15) is 22.2 Å². The van der Waals surface area contributed by atoms with Gasteiger partial charge in [-0.2, -0.15) is 0 Å². The van der Waals surface area contributed by atoms with Crippen molar-refractivity contribution in [1.29, 1.82) is 0 Å². The number of nitrogen functional groups attached to an aromatic ring is 1. The average molecular weight is 529 g/mol. The first kappa shape index (κ1) is 25.0. The van der Waals surface area contributed by atoms with E-state index in [1.165, 1.54) is 18.3 Å². The predicted octanol–water partition coefficient (Wildman–Crippen LogP) is 6.14. The van der Waals surface area contributed by atoms with Crippen LogP contribution < -0.4 is 16.4 Å². The number of nitrogens with zero attached hydrogens (tertiary/aromatic N) is 4. The first-order chi connectivity index (χ1) is 18.3. The molecule has 0 fully saturated rings. The monoisotopic (exact) mass is 528 g/mol. The molecule has 5 rings (SSSR count). The van der Waals surface area contributed by atoms with E-state index in [-0.39, 0.29) is 17.6 Å². The molecule has 0 saturated carbocycles. The summed E-state index contributed by atoms with van der Waals surface area (Å²) >= 11 is 1.16. The van der Waals surface area contributed by atoms with Gasteiger partial charge >= 0.3 is 0 Å². The fourth-order valence-corrected chi connectivity index (χ4v) is 4.58. The Labute approximate surface area is 222 Å². The van der Waals surface area contributed by atoms with Gasteiger partial charge in [0.25, 0.3) is 5.91 Å². The second-order valence-corrected chi connectivity index (χ2v) is 9.95. The zero-order valence-corrected chi connectivity index (χ0v) is 21.7. The molecule has 3 heterocycles. The van der Waals surface area contributed by atoms with E-state index in [0.717, 1.165) is 39.7 Å². The molecule has 0 aliphatic rings. The summed E-state index contributed by atoms with van der Waals surface area (Å²) in [5.41, 5.74) is 11.0. The van der Waals surface area contributed by atoms with Crippen molar-refractivity contribution in [2.24, 2.45) is 0 Å². The van der Waals surface area contributed by atoms with Crippen LogP contribution in [-0.4, -0.2) is 30.8 Å². The maximum atomic E-state index is 13.3. The fraction of sp³-hybridized carbons (Fsp3) is 0.148. The van der Waals surface area contributed by atoms with Crippen LogP contribution in [0, 0.1) is 12.7 Å². The Balaban J connectivity index is 1.31. The molecule has 0 aliphatic carbocycles. The van der Waals surface area contributed by atoms with Crippen molar-refractivity contribution in [2.75, 3.05) is 16.4 Å². The summed E-state index contributed by atoms with van der Waals surface area (Å²) < 4.78 is 13.3. The number of aromatic amines is 1. The molecule has 0 aliphatic heterocycles. The number of aryl methyl sites for hydroxylation is 1. The van der Waals surface area contributed by atoms with Gasteiger partial charge in [-0.25, -0.2) is 24.3 Å². The molecule has 0 spiro atoms. The molecule has 3 aromatic heterocycles. The third-order valence-corrected chi connectivity index (χ3v) is 6.66. The van der Waals surface area contributed by atoms with E-state index >= 15 is 0 Å². The minimum atomic E-state index is -0.359. The van der Waals surface area contributed by atoms with Gasteiger partial charge in [0.05, 0.1) is 23.3 Å². The van der Waals surface area contributed by atoms with E-state index in [9.17, 15) is 9.18 Å². The molecule has 0 atom stereocenters. The number of hydrogen-bond donors (Lipinski definition) is 4. The highest BCUT2D eigenvalue weighted by Gasteiger charge is 2.17. The van der Waals surface area contributed by atoms with Crippen LogP contribution in [0.1, 0.15) is 41.0 Å². The number of hydrogen-bond acceptors (Lipinski definition) is 8. The number of rotatable bonds is 7. The highest BCUT2D eigenvalue weighted by atomic mass is 32.1. The zero-order chi connectivity index (χ0) is 26.8. The van der Waals surface area contributed by atoms with Crippen molar-refractivity contribution in [1.82, 2.24) is 24.9 Å². The SMILES string of the molecule is Cc1nc(-c2ccnc(Nc3ncc(C(=O)Nc4cc(-c5ccc(F)cc5)ccc4N)s3)n2)c(C(C)C)[nH]1. The number of carbonyl (C=O) groups excluding carboxylic acids is 1. The molecule has 5 N–H and O–H groups in total. The maximum Gasteiger partial charge on any atom is 0.267 e. The summed E-state index contributed by atoms with van der Waals surface area (Å²) in [4.78, 5) is 34.4. The van der Waals surface area contributed by atoms with Gasteiger partial charge in [-0.05, 0) is 54.3 Å². The molecule has 2 aromatic carbocycles. The number of nitrogens with one attached hydrogen (secondary N) is 3. The summed E-state index contributed by atoms with van der Waals surface area (Å²) in [5.74, 6) is 0.734. The second kappa shape index (κ2) is 10.4. The number of nitrogens with two attached hydrogens (primary N) is 1. The quantitative estimate of drug-likeness (QED) is 0.186. The Hall–Kier alpha value is -4.64. The van der Waals surface area contributed by atoms with Gasteiger partial charge in [-0.1, -0.05) is 43.4 Å². The summed E-state index contributed by atoms with van der Waals surface area (Å²) in [5, 5.41) is 6.36. The number of benzene rings is 2. The molecule has 9 nitrogen and oxygen atoms in total. The van der Waals surface area contributed by atoms with Crippen LogP contribution in [0.4, 0.5) is 26.8 Å². The number of amides is 1. The molecule has 0 radical (unpaired) electrons. The Morgan fingerprint density at radius 2 is 1.82 bits per heavy atom. The molecule has 192 valence electrons. The predicted molar refractivity (Wildman–Crippen MR) is 148 cm³/mol. The second-order valence-electron chi connectivity index (χ2n) is 8.92. The summed E-state index contributed by atoms with van der Waals surface area (Å²) in [6.45, 7) is 6.09. The van der Waals surface area contributed by atoms with Crippen LogP contribution in [0.25, 0.3) is 22.5 Å². The minimum Gasteiger partial charge on any atom is -0.397 e. The average Bonchev–Trinajstić information content (AvgIpc) is 3.53. The van der Waals surface area contributed by atoms with Gasteiger partial charge in [0.15, 0.2) is 5.13 Å². The smallest absolute Gasteiger partial charge is 0.267 e. The van der Waals surface area contributed by atoms with Gasteiger partial charge < -0.3 is 21.4 Å². The third-order valence-electron chi connectivity index (χ3n) is 5.75. The van der Waals surface area contributed by atoms with Crippen LogP contribution in [0.5, 0.6) is 0 Å². The van der Waals surface area contributed by atoms with Crippen LogP contribution >= 0.6 is 11.3 Å². The van der Waals surface area contributed by atoms with Crippen LogP contribution in [0.2, 0.25) is 0 Å². The van der Waals surface area contributed by atoms with Crippen molar-refractivity contribution in [2.45, 2.75) is 26.7 Å². The molecular formula is C27H25FN8OS. The number of H-pyrrole nitrogens is 1. The number of imidazole rings is 1. The molecule has 0 bridgehead atoms. The van der Waals surface area contributed by atoms with Crippen molar-refractivity contribution in [3.05, 3.63) is 83.1 Å². The topological polar surface area (TPSA) is 134 Å². The number of carbonyl (C=O) groups is 1. The first-order valence-corrected chi connectivity index (χ1v) is 12.7. The molecule has 38 heavy (non-hydrogen) atoms. The van der Waals surface area contributed by atoms with Crippen molar-refractivity contribution < 1.29 is 9.18 Å². The fourth-order valence-electron chi connectivity index (χ4n) is 3.88. The van der Waals surface area contributed by atoms with Gasteiger partial charge in [0, 0.05) is 11.9 Å². The zero-order valence-electron chi connectivity index (χ0n) is 20.9. The lowest BCUT2D eigenvalue weighted by Crippen LogP contribution is -2.11. The summed E-state index contributed by atoms with van der Waals surface area (Å²) in [6, 6.07) is 13.2. The number of aromatic nitrogens is 5. The van der Waals surface area contributed by atoms with Crippen LogP contribution in [0.3, 0.4) is 0 Å². The van der Waals surface area contributed by atoms with Crippen molar-refractivity contribution in [3.8, 4) is 22.5 Å². The molecule has 1 amide bonds.